The Balaban J connectivity index is 2.44. The number of nitrogens with zero attached hydrogens (tertiary/aromatic N) is 1. The van der Waals surface area contributed by atoms with E-state index in [4.69, 9.17) is 4.74 Å². The molecule has 1 saturated heterocycles. The van der Waals surface area contributed by atoms with Crippen molar-refractivity contribution in [1.29, 1.82) is 0 Å². The Morgan fingerprint density at radius 2 is 2.29 bits per heavy atom. The summed E-state index contributed by atoms with van der Waals surface area (Å²) in [5, 5.41) is 9.83. The average Bonchev–Trinajstić information content (AvgIpc) is 2.63. The van der Waals surface area contributed by atoms with Crippen molar-refractivity contribution in [2.24, 2.45) is 5.92 Å². The van der Waals surface area contributed by atoms with E-state index in [0.29, 0.717) is 19.5 Å². The maximum absolute atomic E-state index is 11.8. The first-order valence-electron chi connectivity index (χ1n) is 6.10. The van der Waals surface area contributed by atoms with Crippen molar-refractivity contribution in [3.05, 3.63) is 12.7 Å². The van der Waals surface area contributed by atoms with Crippen LogP contribution in [-0.2, 0) is 4.74 Å². The van der Waals surface area contributed by atoms with Crippen LogP contribution in [-0.4, -0.2) is 40.9 Å². The second kappa shape index (κ2) is 5.54. The van der Waals surface area contributed by atoms with Crippen LogP contribution >= 0.6 is 0 Å². The predicted octanol–water partition coefficient (Wildman–Crippen LogP) is 2.18. The van der Waals surface area contributed by atoms with Crippen LogP contribution < -0.4 is 0 Å². The number of hydrogen-bond acceptors (Lipinski definition) is 3. The van der Waals surface area contributed by atoms with E-state index in [0.717, 1.165) is 6.42 Å². The summed E-state index contributed by atoms with van der Waals surface area (Å²) < 4.78 is 5.29. The highest BCUT2D eigenvalue weighted by Crippen LogP contribution is 2.23. The summed E-state index contributed by atoms with van der Waals surface area (Å²) in [4.78, 5) is 13.5. The fraction of sp³-hybridized carbons (Fsp3) is 0.769. The molecule has 4 heteroatoms. The molecule has 98 valence electrons. The zero-order valence-electron chi connectivity index (χ0n) is 11.0. The third-order valence-corrected chi connectivity index (χ3v) is 2.83. The molecule has 0 saturated carbocycles. The quantitative estimate of drug-likeness (QED) is 0.770. The molecular weight excluding hydrogens is 218 g/mol. The van der Waals surface area contributed by atoms with E-state index in [2.05, 4.69) is 6.58 Å². The van der Waals surface area contributed by atoms with Gasteiger partial charge in [-0.05, 0) is 33.6 Å². The van der Waals surface area contributed by atoms with Crippen molar-refractivity contribution >= 4 is 6.09 Å². The van der Waals surface area contributed by atoms with Gasteiger partial charge in [0.1, 0.15) is 5.60 Å². The first-order valence-corrected chi connectivity index (χ1v) is 6.10. The van der Waals surface area contributed by atoms with Gasteiger partial charge in [-0.2, -0.15) is 0 Å². The molecule has 0 bridgehead atoms. The van der Waals surface area contributed by atoms with Gasteiger partial charge in [0.2, 0.25) is 0 Å². The lowest BCUT2D eigenvalue weighted by atomic mass is 9.99. The molecule has 0 aliphatic carbocycles. The van der Waals surface area contributed by atoms with Gasteiger partial charge in [0.25, 0.3) is 0 Å². The Bertz CT molecular complexity index is 283. The molecule has 1 unspecified atom stereocenters. The van der Waals surface area contributed by atoms with Gasteiger partial charge in [0.05, 0.1) is 6.10 Å². The molecule has 0 aromatic rings. The molecule has 1 amide bonds. The Labute approximate surface area is 103 Å². The van der Waals surface area contributed by atoms with E-state index >= 15 is 0 Å². The van der Waals surface area contributed by atoms with Crippen LogP contribution in [0.2, 0.25) is 0 Å². The molecule has 1 fully saturated rings. The number of likely N-dealkylation sites (tertiary alicyclic amines) is 1. The topological polar surface area (TPSA) is 49.8 Å². The number of amides is 1. The molecular formula is C13H23NO3. The van der Waals surface area contributed by atoms with E-state index in [1.807, 2.05) is 20.8 Å². The second-order valence-electron chi connectivity index (χ2n) is 5.57. The lowest BCUT2D eigenvalue weighted by Gasteiger charge is -2.24. The SMILES string of the molecule is C=CC[C@@H](O)C1CCN(C(=O)OC(C)(C)C)C1. The van der Waals surface area contributed by atoms with Crippen molar-refractivity contribution in [2.45, 2.75) is 45.3 Å². The van der Waals surface area contributed by atoms with Gasteiger partial charge < -0.3 is 14.7 Å². The van der Waals surface area contributed by atoms with Crippen LogP contribution in [0, 0.1) is 5.92 Å². The van der Waals surface area contributed by atoms with Gasteiger partial charge >= 0.3 is 6.09 Å². The minimum atomic E-state index is -0.463. The molecule has 0 aromatic heterocycles. The molecule has 0 aromatic carbocycles. The fourth-order valence-corrected chi connectivity index (χ4v) is 1.96. The van der Waals surface area contributed by atoms with E-state index in [-0.39, 0.29) is 12.0 Å². The van der Waals surface area contributed by atoms with E-state index in [9.17, 15) is 9.90 Å². The largest absolute Gasteiger partial charge is 0.444 e. The van der Waals surface area contributed by atoms with Crippen LogP contribution in [0.3, 0.4) is 0 Å². The minimum Gasteiger partial charge on any atom is -0.444 e. The lowest BCUT2D eigenvalue weighted by Crippen LogP contribution is -2.36. The molecule has 0 spiro atoms. The van der Waals surface area contributed by atoms with Crippen molar-refractivity contribution in [1.82, 2.24) is 4.90 Å². The van der Waals surface area contributed by atoms with E-state index in [1.54, 1.807) is 11.0 Å². The normalized spacial score (nSPS) is 22.4. The number of rotatable bonds is 3. The van der Waals surface area contributed by atoms with Gasteiger partial charge in [-0.25, -0.2) is 4.79 Å². The molecule has 4 nitrogen and oxygen atoms in total. The zero-order chi connectivity index (χ0) is 13.1. The zero-order valence-corrected chi connectivity index (χ0v) is 11.0. The monoisotopic (exact) mass is 241 g/mol. The van der Waals surface area contributed by atoms with Crippen molar-refractivity contribution in [3.8, 4) is 0 Å². The summed E-state index contributed by atoms with van der Waals surface area (Å²) in [7, 11) is 0. The summed E-state index contributed by atoms with van der Waals surface area (Å²) in [6.45, 7) is 10.4. The summed E-state index contributed by atoms with van der Waals surface area (Å²) in [5.41, 5.74) is -0.463. The van der Waals surface area contributed by atoms with Gasteiger partial charge in [-0.3, -0.25) is 0 Å². The standard InChI is InChI=1S/C13H23NO3/c1-5-6-11(15)10-7-8-14(9-10)12(16)17-13(2,3)4/h5,10-11,15H,1,6-9H2,2-4H3/t10?,11-/m1/s1. The van der Waals surface area contributed by atoms with Crippen molar-refractivity contribution < 1.29 is 14.6 Å². The molecule has 1 rings (SSSR count). The first-order chi connectivity index (χ1) is 7.83. The Kier molecular flexibility index (Phi) is 4.57. The molecule has 17 heavy (non-hydrogen) atoms. The number of ether oxygens (including phenoxy) is 1. The summed E-state index contributed by atoms with van der Waals surface area (Å²) in [6, 6.07) is 0. The van der Waals surface area contributed by atoms with E-state index in [1.165, 1.54) is 0 Å². The number of aliphatic hydroxyl groups excluding tert-OH is 1. The summed E-state index contributed by atoms with van der Waals surface area (Å²) >= 11 is 0. The number of aliphatic hydroxyl groups is 1. The van der Waals surface area contributed by atoms with Gasteiger partial charge in [-0.15, -0.1) is 6.58 Å². The Morgan fingerprint density at radius 3 is 2.82 bits per heavy atom. The van der Waals surface area contributed by atoms with Crippen LogP contribution in [0.25, 0.3) is 0 Å². The Morgan fingerprint density at radius 1 is 1.65 bits per heavy atom. The smallest absolute Gasteiger partial charge is 0.410 e. The molecule has 1 N–H and O–H groups in total. The maximum Gasteiger partial charge on any atom is 0.410 e. The van der Waals surface area contributed by atoms with Crippen molar-refractivity contribution in [3.63, 3.8) is 0 Å². The summed E-state index contributed by atoms with van der Waals surface area (Å²) in [5.74, 6) is 0.139. The third kappa shape index (κ3) is 4.38. The molecule has 1 aliphatic heterocycles. The van der Waals surface area contributed by atoms with Crippen LogP contribution in [0.1, 0.15) is 33.6 Å². The van der Waals surface area contributed by atoms with Gasteiger partial charge in [-0.1, -0.05) is 6.08 Å². The maximum atomic E-state index is 11.8. The lowest BCUT2D eigenvalue weighted by molar-refractivity contribution is 0.0269. The van der Waals surface area contributed by atoms with Gasteiger partial charge in [0, 0.05) is 19.0 Å². The third-order valence-electron chi connectivity index (χ3n) is 2.83. The average molecular weight is 241 g/mol. The first kappa shape index (κ1) is 14.0. The van der Waals surface area contributed by atoms with Crippen LogP contribution in [0.4, 0.5) is 4.79 Å². The summed E-state index contributed by atoms with van der Waals surface area (Å²) in [6.07, 6.45) is 2.42. The molecule has 1 aliphatic rings. The fourth-order valence-electron chi connectivity index (χ4n) is 1.96. The van der Waals surface area contributed by atoms with Crippen molar-refractivity contribution in [2.75, 3.05) is 13.1 Å². The number of carbonyl (C=O) groups is 1. The highest BCUT2D eigenvalue weighted by Gasteiger charge is 2.32. The number of carbonyl (C=O) groups excluding carboxylic acids is 1. The highest BCUT2D eigenvalue weighted by atomic mass is 16.6. The predicted molar refractivity (Wildman–Crippen MR) is 66.7 cm³/mol. The van der Waals surface area contributed by atoms with Gasteiger partial charge in [0.15, 0.2) is 0 Å². The minimum absolute atomic E-state index is 0.139. The highest BCUT2D eigenvalue weighted by molar-refractivity contribution is 5.68. The second-order valence-corrected chi connectivity index (χ2v) is 5.57. The molecule has 0 radical (unpaired) electrons. The van der Waals surface area contributed by atoms with Crippen LogP contribution in [0.5, 0.6) is 0 Å². The Hall–Kier alpha value is -1.03. The van der Waals surface area contributed by atoms with E-state index < -0.39 is 11.7 Å². The van der Waals surface area contributed by atoms with Crippen LogP contribution in [0.15, 0.2) is 12.7 Å². The molecule has 1 heterocycles. The number of hydrogen-bond donors (Lipinski definition) is 1. The molecule has 2 atom stereocenters.